The fraction of sp³-hybridized carbons (Fsp3) is 0.200. The number of nitrogens with one attached hydrogen (secondary N) is 2. The number of benzene rings is 2. The molecule has 0 radical (unpaired) electrons. The summed E-state index contributed by atoms with van der Waals surface area (Å²) in [4.78, 5) is 8.94. The van der Waals surface area contributed by atoms with Gasteiger partial charge in [0.1, 0.15) is 11.6 Å². The Morgan fingerprint density at radius 1 is 0.920 bits per heavy atom. The van der Waals surface area contributed by atoms with E-state index < -0.39 is 0 Å². The average Bonchev–Trinajstić information content (AvgIpc) is 2.57. The highest BCUT2D eigenvalue weighted by Crippen LogP contribution is 2.22. The van der Waals surface area contributed by atoms with Gasteiger partial charge in [-0.25, -0.2) is 9.37 Å². The summed E-state index contributed by atoms with van der Waals surface area (Å²) in [6, 6.07) is 14.5. The molecular formula is C20H21FN4. The van der Waals surface area contributed by atoms with Crippen molar-refractivity contribution >= 4 is 17.5 Å². The third kappa shape index (κ3) is 4.53. The molecule has 0 saturated heterocycles. The van der Waals surface area contributed by atoms with Gasteiger partial charge in [0.2, 0.25) is 5.95 Å². The van der Waals surface area contributed by atoms with Gasteiger partial charge in [0.05, 0.1) is 0 Å². The first-order valence-electron chi connectivity index (χ1n) is 8.18. The molecule has 0 saturated carbocycles. The van der Waals surface area contributed by atoms with Crippen LogP contribution >= 0.6 is 0 Å². The molecule has 0 bridgehead atoms. The zero-order chi connectivity index (χ0) is 17.8. The molecule has 0 aliphatic rings. The molecular weight excluding hydrogens is 315 g/mol. The number of anilines is 3. The van der Waals surface area contributed by atoms with Crippen molar-refractivity contribution in [3.05, 3.63) is 76.7 Å². The van der Waals surface area contributed by atoms with E-state index in [-0.39, 0.29) is 5.82 Å². The first-order valence-corrected chi connectivity index (χ1v) is 8.18. The van der Waals surface area contributed by atoms with Crippen molar-refractivity contribution < 1.29 is 4.39 Å². The molecule has 0 aliphatic heterocycles. The van der Waals surface area contributed by atoms with Gasteiger partial charge in [-0.15, -0.1) is 0 Å². The van der Waals surface area contributed by atoms with Crippen LogP contribution in [0.3, 0.4) is 0 Å². The topological polar surface area (TPSA) is 49.8 Å². The van der Waals surface area contributed by atoms with E-state index in [0.717, 1.165) is 28.3 Å². The van der Waals surface area contributed by atoms with Crippen molar-refractivity contribution in [1.29, 1.82) is 0 Å². The zero-order valence-electron chi connectivity index (χ0n) is 14.6. The molecule has 25 heavy (non-hydrogen) atoms. The summed E-state index contributed by atoms with van der Waals surface area (Å²) in [6.07, 6.45) is 0. The van der Waals surface area contributed by atoms with E-state index in [1.54, 1.807) is 12.1 Å². The average molecular weight is 336 g/mol. The summed E-state index contributed by atoms with van der Waals surface area (Å²) in [7, 11) is 0. The molecule has 4 nitrogen and oxygen atoms in total. The van der Waals surface area contributed by atoms with E-state index in [1.165, 1.54) is 17.7 Å². The highest BCUT2D eigenvalue weighted by molar-refractivity contribution is 5.62. The highest BCUT2D eigenvalue weighted by atomic mass is 19.1. The molecule has 3 aromatic rings. The Morgan fingerprint density at radius 2 is 1.68 bits per heavy atom. The van der Waals surface area contributed by atoms with Gasteiger partial charge in [-0.05, 0) is 55.7 Å². The summed E-state index contributed by atoms with van der Waals surface area (Å²) in [5, 5.41) is 6.55. The number of hydrogen-bond donors (Lipinski definition) is 2. The second kappa shape index (κ2) is 7.30. The van der Waals surface area contributed by atoms with Crippen molar-refractivity contribution in [2.75, 3.05) is 10.6 Å². The Balaban J connectivity index is 1.75. The Morgan fingerprint density at radius 3 is 2.44 bits per heavy atom. The minimum absolute atomic E-state index is 0.240. The summed E-state index contributed by atoms with van der Waals surface area (Å²) < 4.78 is 13.0. The van der Waals surface area contributed by atoms with Gasteiger partial charge in [-0.3, -0.25) is 0 Å². The monoisotopic (exact) mass is 336 g/mol. The largest absolute Gasteiger partial charge is 0.350 e. The van der Waals surface area contributed by atoms with E-state index in [2.05, 4.69) is 52.6 Å². The molecule has 128 valence electrons. The first-order chi connectivity index (χ1) is 12.0. The third-order valence-electron chi connectivity index (χ3n) is 3.87. The van der Waals surface area contributed by atoms with Crippen LogP contribution in [0, 0.1) is 26.6 Å². The first kappa shape index (κ1) is 16.9. The van der Waals surface area contributed by atoms with Gasteiger partial charge < -0.3 is 10.6 Å². The standard InChI is InChI=1S/C20H21FN4/c1-13-4-5-14(2)18(10-13)24-19-11-15(3)23-20(25-19)22-12-16-6-8-17(21)9-7-16/h4-11H,12H2,1-3H3,(H2,22,23,24,25). The molecule has 0 spiro atoms. The van der Waals surface area contributed by atoms with E-state index >= 15 is 0 Å². The maximum atomic E-state index is 13.0. The van der Waals surface area contributed by atoms with Crippen LogP contribution in [0.15, 0.2) is 48.5 Å². The summed E-state index contributed by atoms with van der Waals surface area (Å²) in [5.74, 6) is 1.04. The van der Waals surface area contributed by atoms with Gasteiger partial charge >= 0.3 is 0 Å². The lowest BCUT2D eigenvalue weighted by Crippen LogP contribution is -2.06. The maximum absolute atomic E-state index is 13.0. The summed E-state index contributed by atoms with van der Waals surface area (Å²) in [5.41, 5.74) is 5.21. The van der Waals surface area contributed by atoms with Gasteiger partial charge in [0.15, 0.2) is 0 Å². The Bertz CT molecular complexity index is 875. The normalized spacial score (nSPS) is 10.6. The number of aryl methyl sites for hydroxylation is 3. The van der Waals surface area contributed by atoms with Crippen molar-refractivity contribution in [2.45, 2.75) is 27.3 Å². The molecule has 0 aliphatic carbocycles. The van der Waals surface area contributed by atoms with Crippen LogP contribution in [0.1, 0.15) is 22.4 Å². The van der Waals surface area contributed by atoms with Crippen LogP contribution in [0.4, 0.5) is 21.8 Å². The SMILES string of the molecule is Cc1ccc(C)c(Nc2cc(C)nc(NCc3ccc(F)cc3)n2)c1. The van der Waals surface area contributed by atoms with Gasteiger partial charge in [-0.1, -0.05) is 24.3 Å². The Labute approximate surface area is 147 Å². The predicted octanol–water partition coefficient (Wildman–Crippen LogP) is 4.90. The molecule has 0 atom stereocenters. The number of aromatic nitrogens is 2. The van der Waals surface area contributed by atoms with Crippen LogP contribution in [0.2, 0.25) is 0 Å². The molecule has 0 fully saturated rings. The molecule has 0 unspecified atom stereocenters. The highest BCUT2D eigenvalue weighted by Gasteiger charge is 2.05. The van der Waals surface area contributed by atoms with Crippen molar-refractivity contribution in [2.24, 2.45) is 0 Å². The van der Waals surface area contributed by atoms with E-state index in [9.17, 15) is 4.39 Å². The third-order valence-corrected chi connectivity index (χ3v) is 3.87. The van der Waals surface area contributed by atoms with Crippen LogP contribution in [-0.2, 0) is 6.54 Å². The lowest BCUT2D eigenvalue weighted by molar-refractivity contribution is 0.627. The smallest absolute Gasteiger partial charge is 0.225 e. The van der Waals surface area contributed by atoms with E-state index in [0.29, 0.717) is 12.5 Å². The van der Waals surface area contributed by atoms with Crippen LogP contribution in [0.5, 0.6) is 0 Å². The number of halogens is 1. The minimum atomic E-state index is -0.240. The van der Waals surface area contributed by atoms with Gasteiger partial charge in [0, 0.05) is 24.0 Å². The summed E-state index contributed by atoms with van der Waals surface area (Å²) in [6.45, 7) is 6.58. The molecule has 2 N–H and O–H groups in total. The molecule has 0 amide bonds. The lowest BCUT2D eigenvalue weighted by Gasteiger charge is -2.12. The number of rotatable bonds is 5. The van der Waals surface area contributed by atoms with Gasteiger partial charge in [0.25, 0.3) is 0 Å². The number of hydrogen-bond acceptors (Lipinski definition) is 4. The van der Waals surface area contributed by atoms with Gasteiger partial charge in [-0.2, -0.15) is 4.98 Å². The number of nitrogens with zero attached hydrogens (tertiary/aromatic N) is 2. The zero-order valence-corrected chi connectivity index (χ0v) is 14.6. The second-order valence-corrected chi connectivity index (χ2v) is 6.14. The molecule has 1 aromatic heterocycles. The fourth-order valence-electron chi connectivity index (χ4n) is 2.50. The summed E-state index contributed by atoms with van der Waals surface area (Å²) >= 11 is 0. The predicted molar refractivity (Wildman–Crippen MR) is 99.7 cm³/mol. The second-order valence-electron chi connectivity index (χ2n) is 6.14. The van der Waals surface area contributed by atoms with Crippen LogP contribution in [0.25, 0.3) is 0 Å². The molecule has 3 rings (SSSR count). The minimum Gasteiger partial charge on any atom is -0.350 e. The quantitative estimate of drug-likeness (QED) is 0.696. The van der Waals surface area contributed by atoms with Crippen molar-refractivity contribution in [1.82, 2.24) is 9.97 Å². The van der Waals surface area contributed by atoms with Crippen LogP contribution < -0.4 is 10.6 Å². The maximum Gasteiger partial charge on any atom is 0.225 e. The molecule has 5 heteroatoms. The van der Waals surface area contributed by atoms with E-state index in [4.69, 9.17) is 0 Å². The fourth-order valence-corrected chi connectivity index (χ4v) is 2.50. The molecule has 1 heterocycles. The molecule has 2 aromatic carbocycles. The van der Waals surface area contributed by atoms with Crippen LogP contribution in [-0.4, -0.2) is 9.97 Å². The van der Waals surface area contributed by atoms with Crippen molar-refractivity contribution in [3.8, 4) is 0 Å². The Kier molecular flexibility index (Phi) is 4.93. The Hall–Kier alpha value is -2.95. The van der Waals surface area contributed by atoms with Crippen molar-refractivity contribution in [3.63, 3.8) is 0 Å². The van der Waals surface area contributed by atoms with E-state index in [1.807, 2.05) is 13.0 Å². The lowest BCUT2D eigenvalue weighted by atomic mass is 10.1.